The maximum Gasteiger partial charge on any atom is 0.306 e. The molecule has 1 aliphatic rings. The fraction of sp³-hybridized carbons (Fsp3) is 0.833. The molecule has 1 aliphatic heterocycles. The average molecular weight is 242 g/mol. The zero-order chi connectivity index (χ0) is 12.8. The van der Waals surface area contributed by atoms with Gasteiger partial charge in [0.25, 0.3) is 0 Å². The van der Waals surface area contributed by atoms with Gasteiger partial charge in [0.2, 0.25) is 5.91 Å². The molecule has 17 heavy (non-hydrogen) atoms. The van der Waals surface area contributed by atoms with Crippen LogP contribution >= 0.6 is 0 Å². The van der Waals surface area contributed by atoms with Gasteiger partial charge in [0.05, 0.1) is 12.5 Å². The van der Waals surface area contributed by atoms with E-state index >= 15 is 0 Å². The molecule has 0 bridgehead atoms. The summed E-state index contributed by atoms with van der Waals surface area (Å²) in [5, 5.41) is 11.8. The first kappa shape index (κ1) is 14.0. The molecule has 5 nitrogen and oxygen atoms in total. The highest BCUT2D eigenvalue weighted by Crippen LogP contribution is 2.16. The van der Waals surface area contributed by atoms with E-state index in [1.165, 1.54) is 0 Å². The topological polar surface area (TPSA) is 69.6 Å². The van der Waals surface area contributed by atoms with Crippen LogP contribution in [0.2, 0.25) is 0 Å². The summed E-state index contributed by atoms with van der Waals surface area (Å²) in [6.07, 6.45) is 2.21. The van der Waals surface area contributed by atoms with E-state index in [-0.39, 0.29) is 17.9 Å². The number of nitrogens with zero attached hydrogens (tertiary/aromatic N) is 1. The van der Waals surface area contributed by atoms with Crippen molar-refractivity contribution in [3.05, 3.63) is 0 Å². The molecule has 0 aromatic heterocycles. The molecule has 1 saturated heterocycles. The van der Waals surface area contributed by atoms with Crippen LogP contribution in [0.25, 0.3) is 0 Å². The number of hydrogen-bond acceptors (Lipinski definition) is 3. The largest absolute Gasteiger partial charge is 0.481 e. The number of rotatable bonds is 5. The van der Waals surface area contributed by atoms with Crippen LogP contribution in [0, 0.1) is 5.92 Å². The Hall–Kier alpha value is -1.10. The van der Waals surface area contributed by atoms with Gasteiger partial charge in [-0.3, -0.25) is 14.5 Å². The van der Waals surface area contributed by atoms with Crippen LogP contribution in [0.3, 0.4) is 0 Å². The summed E-state index contributed by atoms with van der Waals surface area (Å²) in [5.74, 6) is -0.911. The Labute approximate surface area is 102 Å². The fourth-order valence-corrected chi connectivity index (χ4v) is 1.96. The SMILES string of the molecule is CC[C@@H](C)NC(=O)CN1CCC(C(=O)O)CC1. The van der Waals surface area contributed by atoms with Gasteiger partial charge in [-0.05, 0) is 39.3 Å². The van der Waals surface area contributed by atoms with E-state index in [2.05, 4.69) is 5.32 Å². The highest BCUT2D eigenvalue weighted by molar-refractivity contribution is 5.78. The lowest BCUT2D eigenvalue weighted by Gasteiger charge is -2.29. The zero-order valence-electron chi connectivity index (χ0n) is 10.6. The first-order chi connectivity index (χ1) is 8.02. The second-order valence-electron chi connectivity index (χ2n) is 4.77. The molecule has 1 heterocycles. The summed E-state index contributed by atoms with van der Waals surface area (Å²) < 4.78 is 0. The van der Waals surface area contributed by atoms with Gasteiger partial charge < -0.3 is 10.4 Å². The lowest BCUT2D eigenvalue weighted by Crippen LogP contribution is -2.44. The van der Waals surface area contributed by atoms with E-state index in [4.69, 9.17) is 5.11 Å². The van der Waals surface area contributed by atoms with Gasteiger partial charge in [0, 0.05) is 6.04 Å². The summed E-state index contributed by atoms with van der Waals surface area (Å²) in [6, 6.07) is 0.207. The molecule has 0 aliphatic carbocycles. The molecule has 0 aromatic carbocycles. The molecule has 5 heteroatoms. The monoisotopic (exact) mass is 242 g/mol. The Kier molecular flexibility index (Phi) is 5.41. The van der Waals surface area contributed by atoms with E-state index in [9.17, 15) is 9.59 Å². The molecule has 1 amide bonds. The van der Waals surface area contributed by atoms with E-state index in [0.29, 0.717) is 32.5 Å². The molecule has 0 saturated carbocycles. The molecule has 98 valence electrons. The molecule has 2 N–H and O–H groups in total. The van der Waals surface area contributed by atoms with Crippen molar-refractivity contribution < 1.29 is 14.7 Å². The Balaban J connectivity index is 2.26. The van der Waals surface area contributed by atoms with Crippen molar-refractivity contribution in [1.29, 1.82) is 0 Å². The summed E-state index contributed by atoms with van der Waals surface area (Å²) in [7, 11) is 0. The highest BCUT2D eigenvalue weighted by Gasteiger charge is 2.25. The van der Waals surface area contributed by atoms with Gasteiger partial charge in [0.15, 0.2) is 0 Å². The van der Waals surface area contributed by atoms with E-state index in [0.717, 1.165) is 6.42 Å². The number of amides is 1. The molecular formula is C12H22N2O3. The Bertz CT molecular complexity index is 273. The molecule has 1 fully saturated rings. The normalized spacial score (nSPS) is 19.9. The van der Waals surface area contributed by atoms with Crippen molar-refractivity contribution >= 4 is 11.9 Å². The predicted molar refractivity (Wildman–Crippen MR) is 64.7 cm³/mol. The highest BCUT2D eigenvalue weighted by atomic mass is 16.4. The molecule has 1 atom stereocenters. The number of carboxylic acids is 1. The van der Waals surface area contributed by atoms with Crippen molar-refractivity contribution in [3.8, 4) is 0 Å². The minimum absolute atomic E-state index is 0.0353. The second kappa shape index (κ2) is 6.59. The Morgan fingerprint density at radius 2 is 2.00 bits per heavy atom. The number of nitrogens with one attached hydrogen (secondary N) is 1. The third-order valence-corrected chi connectivity index (χ3v) is 3.32. The van der Waals surface area contributed by atoms with Crippen LogP contribution in [-0.4, -0.2) is 47.6 Å². The van der Waals surface area contributed by atoms with Crippen LogP contribution in [-0.2, 0) is 9.59 Å². The van der Waals surface area contributed by atoms with E-state index < -0.39 is 5.97 Å². The van der Waals surface area contributed by atoms with Crippen molar-refractivity contribution in [3.63, 3.8) is 0 Å². The fourth-order valence-electron chi connectivity index (χ4n) is 1.96. The van der Waals surface area contributed by atoms with Gasteiger partial charge >= 0.3 is 5.97 Å². The smallest absolute Gasteiger partial charge is 0.306 e. The lowest BCUT2D eigenvalue weighted by atomic mass is 9.97. The third kappa shape index (κ3) is 4.73. The number of likely N-dealkylation sites (tertiary alicyclic amines) is 1. The summed E-state index contributed by atoms with van der Waals surface area (Å²) in [6.45, 7) is 5.80. The third-order valence-electron chi connectivity index (χ3n) is 3.32. The Morgan fingerprint density at radius 1 is 1.41 bits per heavy atom. The standard InChI is InChI=1S/C12H22N2O3/c1-3-9(2)13-11(15)8-14-6-4-10(5-7-14)12(16)17/h9-10H,3-8H2,1-2H3,(H,13,15)(H,16,17)/t9-/m1/s1. The van der Waals surface area contributed by atoms with Crippen molar-refractivity contribution in [2.75, 3.05) is 19.6 Å². The lowest BCUT2D eigenvalue weighted by molar-refractivity contribution is -0.143. The zero-order valence-corrected chi connectivity index (χ0v) is 10.6. The summed E-state index contributed by atoms with van der Waals surface area (Å²) in [5.41, 5.74) is 0. The van der Waals surface area contributed by atoms with Crippen LogP contribution in [0.4, 0.5) is 0 Å². The van der Waals surface area contributed by atoms with E-state index in [1.807, 2.05) is 18.7 Å². The number of piperidine rings is 1. The van der Waals surface area contributed by atoms with Crippen molar-refractivity contribution in [2.45, 2.75) is 39.2 Å². The predicted octanol–water partition coefficient (Wildman–Crippen LogP) is 0.698. The minimum atomic E-state index is -0.714. The van der Waals surface area contributed by atoms with Gasteiger partial charge in [-0.1, -0.05) is 6.92 Å². The molecule has 0 radical (unpaired) electrons. The second-order valence-corrected chi connectivity index (χ2v) is 4.77. The van der Waals surface area contributed by atoms with Gasteiger partial charge in [-0.25, -0.2) is 0 Å². The summed E-state index contributed by atoms with van der Waals surface area (Å²) >= 11 is 0. The maximum absolute atomic E-state index is 11.6. The first-order valence-electron chi connectivity index (χ1n) is 6.27. The molecule has 1 rings (SSSR count). The van der Waals surface area contributed by atoms with Crippen LogP contribution < -0.4 is 5.32 Å². The summed E-state index contributed by atoms with van der Waals surface area (Å²) in [4.78, 5) is 24.4. The molecule has 0 unspecified atom stereocenters. The number of carboxylic acid groups (broad SMARTS) is 1. The first-order valence-corrected chi connectivity index (χ1v) is 6.27. The maximum atomic E-state index is 11.6. The van der Waals surface area contributed by atoms with Gasteiger partial charge in [-0.2, -0.15) is 0 Å². The van der Waals surface area contributed by atoms with E-state index in [1.54, 1.807) is 0 Å². The quantitative estimate of drug-likeness (QED) is 0.744. The number of carbonyl (C=O) groups excluding carboxylic acids is 1. The van der Waals surface area contributed by atoms with Gasteiger partial charge in [0.1, 0.15) is 0 Å². The van der Waals surface area contributed by atoms with Crippen molar-refractivity contribution in [2.24, 2.45) is 5.92 Å². The molecule has 0 spiro atoms. The number of carbonyl (C=O) groups is 2. The van der Waals surface area contributed by atoms with Crippen LogP contribution in [0.15, 0.2) is 0 Å². The van der Waals surface area contributed by atoms with Crippen LogP contribution in [0.5, 0.6) is 0 Å². The minimum Gasteiger partial charge on any atom is -0.481 e. The molecular weight excluding hydrogens is 220 g/mol. The van der Waals surface area contributed by atoms with Crippen LogP contribution in [0.1, 0.15) is 33.1 Å². The molecule has 0 aromatic rings. The number of hydrogen-bond donors (Lipinski definition) is 2. The Morgan fingerprint density at radius 3 is 2.47 bits per heavy atom. The van der Waals surface area contributed by atoms with Crippen molar-refractivity contribution in [1.82, 2.24) is 10.2 Å². The van der Waals surface area contributed by atoms with Gasteiger partial charge in [-0.15, -0.1) is 0 Å². The average Bonchev–Trinajstić information content (AvgIpc) is 2.29. The number of aliphatic carboxylic acids is 1.